The Balaban J connectivity index is 1.59. The molecule has 1 saturated heterocycles. The lowest BCUT2D eigenvalue weighted by Crippen LogP contribution is -2.41. The Morgan fingerprint density at radius 2 is 1.41 bits per heavy atom. The van der Waals surface area contributed by atoms with Gasteiger partial charge in [0.1, 0.15) is 5.52 Å². The second-order valence-electron chi connectivity index (χ2n) is 11.9. The molecule has 37 heavy (non-hydrogen) atoms. The van der Waals surface area contributed by atoms with Crippen LogP contribution in [0.2, 0.25) is 0 Å². The highest BCUT2D eigenvalue weighted by atomic mass is 16.7. The summed E-state index contributed by atoms with van der Waals surface area (Å²) in [7, 11) is -0.503. The summed E-state index contributed by atoms with van der Waals surface area (Å²) in [5, 5.41) is 2.15. The fourth-order valence-corrected chi connectivity index (χ4v) is 5.97. The minimum atomic E-state index is -0.503. The molecule has 1 aliphatic carbocycles. The largest absolute Gasteiger partial charge is 0.495 e. The third kappa shape index (κ3) is 3.08. The van der Waals surface area contributed by atoms with Gasteiger partial charge in [0, 0.05) is 16.4 Å². The van der Waals surface area contributed by atoms with E-state index < -0.39 is 18.3 Å². The molecule has 4 aromatic carbocycles. The molecule has 5 heteroatoms. The van der Waals surface area contributed by atoms with E-state index >= 15 is 0 Å². The van der Waals surface area contributed by atoms with Crippen LogP contribution in [0.4, 0.5) is 0 Å². The first kappa shape index (κ1) is 22.8. The van der Waals surface area contributed by atoms with E-state index in [1.165, 1.54) is 22.3 Å². The van der Waals surface area contributed by atoms with Crippen molar-refractivity contribution in [1.82, 2.24) is 4.98 Å². The first-order valence-corrected chi connectivity index (χ1v) is 13.0. The molecule has 1 aliphatic heterocycles. The van der Waals surface area contributed by atoms with Gasteiger partial charge < -0.3 is 13.7 Å². The predicted octanol–water partition coefficient (Wildman–Crippen LogP) is 7.25. The van der Waals surface area contributed by atoms with Crippen LogP contribution in [-0.4, -0.2) is 23.3 Å². The topological polar surface area (TPSA) is 44.5 Å². The lowest BCUT2D eigenvalue weighted by molar-refractivity contribution is 0.00578. The predicted molar refractivity (Wildman–Crippen MR) is 150 cm³/mol. The van der Waals surface area contributed by atoms with E-state index in [1.54, 1.807) is 0 Å². The van der Waals surface area contributed by atoms with Gasteiger partial charge in [-0.15, -0.1) is 0 Å². The smallest absolute Gasteiger partial charge is 0.435 e. The molecular formula is C32H30BNO3. The quantitative estimate of drug-likeness (QED) is 0.246. The molecule has 5 aromatic rings. The number of hydrogen-bond acceptors (Lipinski definition) is 4. The van der Waals surface area contributed by atoms with E-state index in [1.807, 2.05) is 30.3 Å². The van der Waals surface area contributed by atoms with Gasteiger partial charge >= 0.3 is 7.12 Å². The Kier molecular flexibility index (Phi) is 4.51. The maximum absolute atomic E-state index is 6.58. The number of fused-ring (bicyclic) bond motifs is 7. The Morgan fingerprint density at radius 3 is 2.14 bits per heavy atom. The third-order valence-electron chi connectivity index (χ3n) is 8.76. The molecule has 1 fully saturated rings. The van der Waals surface area contributed by atoms with E-state index in [2.05, 4.69) is 84.0 Å². The number of nitrogens with zero attached hydrogens (tertiary/aromatic N) is 1. The van der Waals surface area contributed by atoms with E-state index in [-0.39, 0.29) is 5.41 Å². The summed E-state index contributed by atoms with van der Waals surface area (Å²) in [5.74, 6) is 0.617. The van der Waals surface area contributed by atoms with Crippen molar-refractivity contribution in [2.24, 2.45) is 0 Å². The van der Waals surface area contributed by atoms with E-state index in [0.29, 0.717) is 5.89 Å². The van der Waals surface area contributed by atoms with Gasteiger partial charge in [-0.25, -0.2) is 4.98 Å². The molecule has 0 atom stereocenters. The first-order chi connectivity index (χ1) is 17.6. The van der Waals surface area contributed by atoms with Crippen molar-refractivity contribution in [3.63, 3.8) is 0 Å². The molecule has 0 amide bonds. The van der Waals surface area contributed by atoms with Crippen LogP contribution in [0.15, 0.2) is 77.2 Å². The molecule has 0 N–H and O–H groups in total. The van der Waals surface area contributed by atoms with Crippen molar-refractivity contribution in [2.45, 2.75) is 58.2 Å². The molecule has 7 rings (SSSR count). The lowest BCUT2D eigenvalue weighted by Gasteiger charge is -2.32. The van der Waals surface area contributed by atoms with Crippen molar-refractivity contribution < 1.29 is 13.7 Å². The van der Waals surface area contributed by atoms with Crippen LogP contribution in [-0.2, 0) is 14.7 Å². The number of benzene rings is 4. The summed E-state index contributed by atoms with van der Waals surface area (Å²) in [5.41, 5.74) is 7.65. The summed E-state index contributed by atoms with van der Waals surface area (Å²) >= 11 is 0. The van der Waals surface area contributed by atoms with Crippen LogP contribution in [0.3, 0.4) is 0 Å². The normalized spacial score (nSPS) is 18.9. The number of rotatable bonds is 2. The van der Waals surface area contributed by atoms with Gasteiger partial charge in [0.25, 0.3) is 0 Å². The van der Waals surface area contributed by atoms with Crippen molar-refractivity contribution >= 4 is 34.5 Å². The van der Waals surface area contributed by atoms with Gasteiger partial charge in [0.05, 0.1) is 11.2 Å². The van der Waals surface area contributed by atoms with E-state index in [9.17, 15) is 0 Å². The maximum atomic E-state index is 6.58. The van der Waals surface area contributed by atoms with Gasteiger partial charge in [-0.3, -0.25) is 0 Å². The molecule has 2 aliphatic rings. The minimum absolute atomic E-state index is 0.116. The van der Waals surface area contributed by atoms with Crippen molar-refractivity contribution in [1.29, 1.82) is 0 Å². The fraction of sp³-hybridized carbons (Fsp3) is 0.281. The molecule has 0 radical (unpaired) electrons. The van der Waals surface area contributed by atoms with Crippen LogP contribution in [0, 0.1) is 0 Å². The summed E-state index contributed by atoms with van der Waals surface area (Å²) in [6.45, 7) is 13.0. The van der Waals surface area contributed by atoms with Gasteiger partial charge in [-0.2, -0.15) is 0 Å². The maximum Gasteiger partial charge on any atom is 0.495 e. The summed E-state index contributed by atoms with van der Waals surface area (Å²) in [6.07, 6.45) is 0. The fourth-order valence-electron chi connectivity index (χ4n) is 5.97. The van der Waals surface area contributed by atoms with Crippen molar-refractivity contribution in [2.75, 3.05) is 0 Å². The van der Waals surface area contributed by atoms with Crippen LogP contribution >= 0.6 is 0 Å². The van der Waals surface area contributed by atoms with Crippen LogP contribution < -0.4 is 5.46 Å². The molecule has 0 bridgehead atoms. The average Bonchev–Trinajstić information content (AvgIpc) is 3.47. The Bertz CT molecular complexity index is 1700. The molecule has 0 unspecified atom stereocenters. The van der Waals surface area contributed by atoms with Gasteiger partial charge in [0.15, 0.2) is 5.58 Å². The highest BCUT2D eigenvalue weighted by molar-refractivity contribution is 6.66. The van der Waals surface area contributed by atoms with Crippen LogP contribution in [0.25, 0.3) is 44.5 Å². The second kappa shape index (κ2) is 7.34. The summed E-state index contributed by atoms with van der Waals surface area (Å²) in [4.78, 5) is 4.98. The Morgan fingerprint density at radius 1 is 0.730 bits per heavy atom. The van der Waals surface area contributed by atoms with Crippen molar-refractivity contribution in [3.8, 4) is 22.6 Å². The summed E-state index contributed by atoms with van der Waals surface area (Å²) < 4.78 is 19.7. The molecule has 0 saturated carbocycles. The highest BCUT2D eigenvalue weighted by Crippen LogP contribution is 2.52. The first-order valence-electron chi connectivity index (χ1n) is 13.0. The number of hydrogen-bond donors (Lipinski definition) is 0. The summed E-state index contributed by atoms with van der Waals surface area (Å²) in [6, 6.07) is 25.4. The average molecular weight is 487 g/mol. The SMILES string of the molecule is CC1(C)c2ccccc2-c2c1ccc1c(B3OC(C)(C)C(C)(C)O3)cc3nc(-c4ccccc4)oc3c21. The lowest BCUT2D eigenvalue weighted by atomic mass is 9.74. The van der Waals surface area contributed by atoms with E-state index in [0.717, 1.165) is 32.9 Å². The van der Waals surface area contributed by atoms with Crippen LogP contribution in [0.5, 0.6) is 0 Å². The number of aromatic nitrogens is 1. The zero-order chi connectivity index (χ0) is 25.7. The Hall–Kier alpha value is -3.41. The molecule has 0 spiro atoms. The van der Waals surface area contributed by atoms with Gasteiger partial charge in [-0.05, 0) is 79.0 Å². The number of oxazole rings is 1. The molecule has 4 nitrogen and oxygen atoms in total. The van der Waals surface area contributed by atoms with Gasteiger partial charge in [0.2, 0.25) is 5.89 Å². The monoisotopic (exact) mass is 487 g/mol. The third-order valence-corrected chi connectivity index (χ3v) is 8.76. The zero-order valence-electron chi connectivity index (χ0n) is 22.2. The zero-order valence-corrected chi connectivity index (χ0v) is 22.2. The van der Waals surface area contributed by atoms with Crippen LogP contribution in [0.1, 0.15) is 52.7 Å². The van der Waals surface area contributed by atoms with E-state index in [4.69, 9.17) is 18.7 Å². The molecular weight excluding hydrogens is 457 g/mol. The molecule has 184 valence electrons. The van der Waals surface area contributed by atoms with Crippen molar-refractivity contribution in [3.05, 3.63) is 83.9 Å². The molecule has 2 heterocycles. The molecule has 1 aromatic heterocycles. The second-order valence-corrected chi connectivity index (χ2v) is 11.9. The Labute approximate surface area is 217 Å². The van der Waals surface area contributed by atoms with Gasteiger partial charge in [-0.1, -0.05) is 68.4 Å². The minimum Gasteiger partial charge on any atom is -0.435 e. The standard InChI is InChI=1S/C32H30BNO3/c1-30(2)22-15-11-10-14-20(22)26-23(30)17-16-21-24(33-36-31(3,4)32(5,6)37-33)18-25-28(27(21)26)35-29(34-25)19-12-8-7-9-13-19/h7-18H,1-6H3. The highest BCUT2D eigenvalue weighted by Gasteiger charge is 2.52.